The highest BCUT2D eigenvalue weighted by Crippen LogP contribution is 2.41. The van der Waals surface area contributed by atoms with E-state index in [-0.39, 0.29) is 0 Å². The molecule has 158 valence electrons. The van der Waals surface area contributed by atoms with Crippen molar-refractivity contribution in [1.29, 1.82) is 0 Å². The Morgan fingerprint density at radius 1 is 0.559 bits per heavy atom. The van der Waals surface area contributed by atoms with Crippen molar-refractivity contribution in [1.82, 2.24) is 4.98 Å². The average molecular weight is 452 g/mol. The van der Waals surface area contributed by atoms with E-state index in [1.165, 1.54) is 52.8 Å². The van der Waals surface area contributed by atoms with Crippen LogP contribution in [-0.4, -0.2) is 4.98 Å². The van der Waals surface area contributed by atoms with Gasteiger partial charge in [0, 0.05) is 48.7 Å². The Balaban J connectivity index is 1.47. The Morgan fingerprint density at radius 2 is 1.41 bits per heavy atom. The molecule has 0 fully saturated rings. The van der Waals surface area contributed by atoms with Gasteiger partial charge < -0.3 is 4.42 Å². The first-order valence-electron chi connectivity index (χ1n) is 11.4. The van der Waals surface area contributed by atoms with E-state index in [2.05, 4.69) is 83.8 Å². The molecule has 3 aromatic heterocycles. The molecule has 0 N–H and O–H groups in total. The lowest BCUT2D eigenvalue weighted by Crippen LogP contribution is -1.86. The van der Waals surface area contributed by atoms with E-state index >= 15 is 0 Å². The molecule has 0 aliphatic heterocycles. The number of hydrogen-bond acceptors (Lipinski definition) is 3. The van der Waals surface area contributed by atoms with Crippen LogP contribution in [0, 0.1) is 0 Å². The molecule has 0 aliphatic carbocycles. The summed E-state index contributed by atoms with van der Waals surface area (Å²) < 4.78 is 8.72. The standard InChI is InChI=1S/C31H17NOS/c1-3-7-28-21(5-1)25-13-18(9-10-29(25)33-28)23-14-19-15-31-26(22-6-2-4-8-30(22)34-31)16-24(19)20-11-12-32-17-27(20)23/h1-17H. The molecule has 2 nitrogen and oxygen atoms in total. The van der Waals surface area contributed by atoms with E-state index in [0.29, 0.717) is 0 Å². The Morgan fingerprint density at radius 3 is 2.38 bits per heavy atom. The summed E-state index contributed by atoms with van der Waals surface area (Å²) in [4.78, 5) is 4.49. The molecule has 3 heteroatoms. The number of pyridine rings is 1. The summed E-state index contributed by atoms with van der Waals surface area (Å²) in [5.74, 6) is 0. The van der Waals surface area contributed by atoms with E-state index in [9.17, 15) is 0 Å². The molecule has 0 saturated heterocycles. The average Bonchev–Trinajstić information content (AvgIpc) is 3.44. The maximum atomic E-state index is 6.07. The van der Waals surface area contributed by atoms with Gasteiger partial charge >= 0.3 is 0 Å². The number of aromatic nitrogens is 1. The van der Waals surface area contributed by atoms with Crippen LogP contribution in [-0.2, 0) is 0 Å². The first-order valence-corrected chi connectivity index (χ1v) is 12.2. The number of para-hydroxylation sites is 1. The van der Waals surface area contributed by atoms with Gasteiger partial charge in [-0.2, -0.15) is 0 Å². The molecule has 0 spiro atoms. The summed E-state index contributed by atoms with van der Waals surface area (Å²) in [5.41, 5.74) is 4.21. The highest BCUT2D eigenvalue weighted by atomic mass is 32.1. The van der Waals surface area contributed by atoms with Crippen LogP contribution < -0.4 is 0 Å². The van der Waals surface area contributed by atoms with Crippen molar-refractivity contribution >= 4 is 75.0 Å². The normalized spacial score (nSPS) is 12.1. The summed E-state index contributed by atoms with van der Waals surface area (Å²) in [5, 5.41) is 9.87. The Bertz CT molecular complexity index is 2080. The van der Waals surface area contributed by atoms with Crippen LogP contribution in [0.5, 0.6) is 0 Å². The summed E-state index contributed by atoms with van der Waals surface area (Å²) in [7, 11) is 0. The zero-order chi connectivity index (χ0) is 22.2. The SMILES string of the molecule is c1ccc2c(c1)oc1ccc(-c3cc4cc5sc6ccccc6c5cc4c4ccncc34)cc12. The largest absolute Gasteiger partial charge is 0.456 e. The second-order valence-electron chi connectivity index (χ2n) is 8.82. The third kappa shape index (κ3) is 2.47. The van der Waals surface area contributed by atoms with Crippen LogP contribution in [0.15, 0.2) is 108 Å². The lowest BCUT2D eigenvalue weighted by atomic mass is 9.93. The molecule has 0 radical (unpaired) electrons. The van der Waals surface area contributed by atoms with Crippen LogP contribution >= 0.6 is 11.3 Å². The Kier molecular flexibility index (Phi) is 3.57. The molecule has 5 aromatic carbocycles. The molecular formula is C31H17NOS. The minimum absolute atomic E-state index is 0.917. The number of thiophene rings is 1. The summed E-state index contributed by atoms with van der Waals surface area (Å²) >= 11 is 1.86. The first kappa shape index (κ1) is 18.2. The highest BCUT2D eigenvalue weighted by Gasteiger charge is 2.14. The van der Waals surface area contributed by atoms with Gasteiger partial charge in [0.2, 0.25) is 0 Å². The number of rotatable bonds is 1. The van der Waals surface area contributed by atoms with Crippen molar-refractivity contribution in [3.05, 3.63) is 103 Å². The lowest BCUT2D eigenvalue weighted by Gasteiger charge is -2.11. The summed E-state index contributed by atoms with van der Waals surface area (Å²) in [6.07, 6.45) is 3.89. The van der Waals surface area contributed by atoms with E-state index in [1.54, 1.807) is 0 Å². The van der Waals surface area contributed by atoms with Crippen LogP contribution in [0.1, 0.15) is 0 Å². The molecule has 0 bridgehead atoms. The van der Waals surface area contributed by atoms with Crippen LogP contribution in [0.25, 0.3) is 74.8 Å². The maximum absolute atomic E-state index is 6.07. The Labute approximate surface area is 198 Å². The zero-order valence-electron chi connectivity index (χ0n) is 18.1. The van der Waals surface area contributed by atoms with Gasteiger partial charge in [-0.15, -0.1) is 11.3 Å². The first-order chi connectivity index (χ1) is 16.8. The van der Waals surface area contributed by atoms with Crippen molar-refractivity contribution in [2.24, 2.45) is 0 Å². The van der Waals surface area contributed by atoms with Gasteiger partial charge in [-0.3, -0.25) is 4.98 Å². The van der Waals surface area contributed by atoms with Crippen LogP contribution in [0.3, 0.4) is 0 Å². The lowest BCUT2D eigenvalue weighted by molar-refractivity contribution is 0.669. The molecular weight excluding hydrogens is 434 g/mol. The number of nitrogens with zero attached hydrogens (tertiary/aromatic N) is 1. The molecule has 0 saturated carbocycles. The van der Waals surface area contributed by atoms with E-state index in [0.717, 1.165) is 21.9 Å². The number of benzene rings is 5. The van der Waals surface area contributed by atoms with Crippen LogP contribution in [0.2, 0.25) is 0 Å². The molecule has 3 heterocycles. The molecule has 0 aliphatic rings. The monoisotopic (exact) mass is 451 g/mol. The topological polar surface area (TPSA) is 26.0 Å². The van der Waals surface area contributed by atoms with Crippen molar-refractivity contribution < 1.29 is 4.42 Å². The van der Waals surface area contributed by atoms with E-state index < -0.39 is 0 Å². The third-order valence-corrected chi connectivity index (χ3v) is 8.07. The van der Waals surface area contributed by atoms with Gasteiger partial charge in [0.25, 0.3) is 0 Å². The number of furan rings is 1. The fourth-order valence-corrected chi connectivity index (χ4v) is 6.49. The van der Waals surface area contributed by atoms with Gasteiger partial charge in [-0.1, -0.05) is 42.5 Å². The summed E-state index contributed by atoms with van der Waals surface area (Å²) in [6.45, 7) is 0. The minimum Gasteiger partial charge on any atom is -0.456 e. The Hall–Kier alpha value is -4.21. The second kappa shape index (κ2) is 6.66. The van der Waals surface area contributed by atoms with Crippen molar-refractivity contribution in [2.45, 2.75) is 0 Å². The molecule has 0 unspecified atom stereocenters. The van der Waals surface area contributed by atoms with Gasteiger partial charge in [-0.05, 0) is 75.8 Å². The number of fused-ring (bicyclic) bond motifs is 9. The van der Waals surface area contributed by atoms with Gasteiger partial charge in [0.1, 0.15) is 11.2 Å². The van der Waals surface area contributed by atoms with Crippen LogP contribution in [0.4, 0.5) is 0 Å². The molecule has 8 rings (SSSR count). The van der Waals surface area contributed by atoms with Crippen molar-refractivity contribution in [3.8, 4) is 11.1 Å². The zero-order valence-corrected chi connectivity index (χ0v) is 18.9. The maximum Gasteiger partial charge on any atom is 0.135 e. The number of hydrogen-bond donors (Lipinski definition) is 0. The molecule has 0 amide bonds. The quantitative estimate of drug-likeness (QED) is 0.232. The van der Waals surface area contributed by atoms with Crippen molar-refractivity contribution in [3.63, 3.8) is 0 Å². The third-order valence-electron chi connectivity index (χ3n) is 6.94. The minimum atomic E-state index is 0.917. The van der Waals surface area contributed by atoms with Gasteiger partial charge in [0.05, 0.1) is 0 Å². The molecule has 0 atom stereocenters. The predicted molar refractivity (Wildman–Crippen MR) is 145 cm³/mol. The van der Waals surface area contributed by atoms with Crippen molar-refractivity contribution in [2.75, 3.05) is 0 Å². The molecule has 8 aromatic rings. The van der Waals surface area contributed by atoms with E-state index in [1.807, 2.05) is 35.9 Å². The smallest absolute Gasteiger partial charge is 0.135 e. The van der Waals surface area contributed by atoms with Gasteiger partial charge in [0.15, 0.2) is 0 Å². The highest BCUT2D eigenvalue weighted by molar-refractivity contribution is 7.25. The second-order valence-corrected chi connectivity index (χ2v) is 9.91. The molecule has 34 heavy (non-hydrogen) atoms. The predicted octanol–water partition coefficient (Wildman–Crippen LogP) is 9.32. The fourth-order valence-electron chi connectivity index (χ4n) is 5.35. The van der Waals surface area contributed by atoms with Gasteiger partial charge in [-0.25, -0.2) is 0 Å². The summed E-state index contributed by atoms with van der Waals surface area (Å²) in [6, 6.07) is 32.6. The van der Waals surface area contributed by atoms with E-state index in [4.69, 9.17) is 4.42 Å². The fraction of sp³-hybridized carbons (Fsp3) is 0.